The van der Waals surface area contributed by atoms with Crippen LogP contribution in [0, 0.1) is 5.82 Å². The van der Waals surface area contributed by atoms with E-state index >= 15 is 0 Å². The van der Waals surface area contributed by atoms with E-state index in [0.717, 1.165) is 4.90 Å². The summed E-state index contributed by atoms with van der Waals surface area (Å²) in [5.41, 5.74) is 0.557. The van der Waals surface area contributed by atoms with Crippen LogP contribution < -0.4 is 5.43 Å². The molecular weight excluding hydrogens is 369 g/mol. The summed E-state index contributed by atoms with van der Waals surface area (Å²) in [5, 5.41) is -0.128. The van der Waals surface area contributed by atoms with Gasteiger partial charge in [0.05, 0.1) is 22.4 Å². The molecule has 134 valence electrons. The number of halogens is 1. The van der Waals surface area contributed by atoms with Crippen molar-refractivity contribution in [3.63, 3.8) is 0 Å². The van der Waals surface area contributed by atoms with Crippen molar-refractivity contribution >= 4 is 40.0 Å². The van der Waals surface area contributed by atoms with E-state index in [1.54, 1.807) is 30.3 Å². The first-order valence-electron chi connectivity index (χ1n) is 8.04. The van der Waals surface area contributed by atoms with Crippen LogP contribution in [-0.2, 0) is 11.3 Å². The van der Waals surface area contributed by atoms with Crippen molar-refractivity contribution in [2.75, 3.05) is 0 Å². The third kappa shape index (κ3) is 3.17. The van der Waals surface area contributed by atoms with Crippen molar-refractivity contribution in [2.24, 2.45) is 0 Å². The fourth-order valence-corrected chi connectivity index (χ4v) is 3.60. The van der Waals surface area contributed by atoms with Gasteiger partial charge in [-0.1, -0.05) is 30.3 Å². The molecule has 4 rings (SSSR count). The molecule has 0 spiro atoms. The van der Waals surface area contributed by atoms with Gasteiger partial charge in [-0.05, 0) is 36.0 Å². The molecule has 0 N–H and O–H groups in total. The van der Waals surface area contributed by atoms with E-state index in [0.29, 0.717) is 22.7 Å². The van der Waals surface area contributed by atoms with Crippen LogP contribution in [0.5, 0.6) is 0 Å². The van der Waals surface area contributed by atoms with Crippen molar-refractivity contribution in [3.05, 3.63) is 86.9 Å². The SMILES string of the molecule is O=C1S/C(=C\c2coc3ccccc3c2=O)C(=O)N1Cc1ccccc1F. The maximum absolute atomic E-state index is 13.8. The molecule has 1 saturated heterocycles. The third-order valence-electron chi connectivity index (χ3n) is 4.15. The van der Waals surface area contributed by atoms with Crippen LogP contribution >= 0.6 is 11.8 Å². The first-order valence-corrected chi connectivity index (χ1v) is 8.85. The molecule has 0 radical (unpaired) electrons. The molecule has 2 aromatic carbocycles. The van der Waals surface area contributed by atoms with Gasteiger partial charge in [-0.25, -0.2) is 4.39 Å². The average Bonchev–Trinajstić information content (AvgIpc) is 2.93. The Bertz CT molecular complexity index is 1170. The van der Waals surface area contributed by atoms with Crippen molar-refractivity contribution < 1.29 is 18.4 Å². The summed E-state index contributed by atoms with van der Waals surface area (Å²) >= 11 is 0.711. The average molecular weight is 381 g/mol. The van der Waals surface area contributed by atoms with Crippen LogP contribution in [0.1, 0.15) is 11.1 Å². The first-order chi connectivity index (χ1) is 13.0. The molecule has 0 unspecified atom stereocenters. The monoisotopic (exact) mass is 381 g/mol. The molecule has 3 aromatic rings. The van der Waals surface area contributed by atoms with Gasteiger partial charge < -0.3 is 4.42 Å². The van der Waals surface area contributed by atoms with E-state index in [4.69, 9.17) is 4.42 Å². The number of nitrogens with zero attached hydrogens (tertiary/aromatic N) is 1. The maximum atomic E-state index is 13.8. The van der Waals surface area contributed by atoms with Gasteiger partial charge in [0.1, 0.15) is 17.7 Å². The van der Waals surface area contributed by atoms with Gasteiger partial charge in [-0.15, -0.1) is 0 Å². The summed E-state index contributed by atoms with van der Waals surface area (Å²) in [6, 6.07) is 12.7. The Balaban J connectivity index is 1.67. The van der Waals surface area contributed by atoms with Crippen LogP contribution in [0.4, 0.5) is 9.18 Å². The zero-order chi connectivity index (χ0) is 19.0. The normalized spacial score (nSPS) is 15.9. The number of para-hydroxylation sites is 1. The second-order valence-corrected chi connectivity index (χ2v) is 6.87. The molecule has 7 heteroatoms. The summed E-state index contributed by atoms with van der Waals surface area (Å²) in [6.07, 6.45) is 2.60. The number of fused-ring (bicyclic) bond motifs is 1. The van der Waals surface area contributed by atoms with Crippen LogP contribution in [0.15, 0.2) is 68.9 Å². The molecule has 5 nitrogen and oxygen atoms in total. The number of carbonyl (C=O) groups excluding carboxylic acids is 2. The van der Waals surface area contributed by atoms with Crippen molar-refractivity contribution in [3.8, 4) is 0 Å². The summed E-state index contributed by atoms with van der Waals surface area (Å²) in [5.74, 6) is -1.06. The molecule has 1 aliphatic heterocycles. The Labute approximate surface area is 157 Å². The van der Waals surface area contributed by atoms with Gasteiger partial charge in [0, 0.05) is 5.56 Å². The molecular formula is C20H12FNO4S. The number of amides is 2. The molecule has 1 aromatic heterocycles. The Hall–Kier alpha value is -3.19. The van der Waals surface area contributed by atoms with E-state index in [-0.39, 0.29) is 28.0 Å². The Morgan fingerprint density at radius 3 is 2.59 bits per heavy atom. The zero-order valence-electron chi connectivity index (χ0n) is 13.8. The molecule has 1 aliphatic rings. The second kappa shape index (κ2) is 6.85. The van der Waals surface area contributed by atoms with Crippen molar-refractivity contribution in [2.45, 2.75) is 6.54 Å². The highest BCUT2D eigenvalue weighted by Crippen LogP contribution is 2.33. The Morgan fingerprint density at radius 1 is 1.04 bits per heavy atom. The van der Waals surface area contributed by atoms with Gasteiger partial charge >= 0.3 is 0 Å². The Morgan fingerprint density at radius 2 is 1.78 bits per heavy atom. The second-order valence-electron chi connectivity index (χ2n) is 5.88. The van der Waals surface area contributed by atoms with Crippen molar-refractivity contribution in [1.82, 2.24) is 4.90 Å². The van der Waals surface area contributed by atoms with Crippen LogP contribution in [0.3, 0.4) is 0 Å². The highest BCUT2D eigenvalue weighted by Gasteiger charge is 2.35. The van der Waals surface area contributed by atoms with Gasteiger partial charge in [-0.3, -0.25) is 19.3 Å². The fourth-order valence-electron chi connectivity index (χ4n) is 2.77. The summed E-state index contributed by atoms with van der Waals surface area (Å²) in [4.78, 5) is 38.4. The minimum atomic E-state index is -0.569. The number of imide groups is 1. The minimum absolute atomic E-state index is 0.0962. The molecule has 0 saturated carbocycles. The fraction of sp³-hybridized carbons (Fsp3) is 0.0500. The molecule has 1 fully saturated rings. The number of carbonyl (C=O) groups is 2. The predicted octanol–water partition coefficient (Wildman–Crippen LogP) is 4.17. The number of benzene rings is 2. The number of hydrogen-bond donors (Lipinski definition) is 0. The molecule has 2 amide bonds. The molecule has 0 aliphatic carbocycles. The largest absolute Gasteiger partial charge is 0.463 e. The predicted molar refractivity (Wildman–Crippen MR) is 100 cm³/mol. The van der Waals surface area contributed by atoms with Gasteiger partial charge in [-0.2, -0.15) is 0 Å². The van der Waals surface area contributed by atoms with Crippen molar-refractivity contribution in [1.29, 1.82) is 0 Å². The van der Waals surface area contributed by atoms with Crippen LogP contribution in [0.2, 0.25) is 0 Å². The summed E-state index contributed by atoms with van der Waals surface area (Å²) in [7, 11) is 0. The lowest BCUT2D eigenvalue weighted by Gasteiger charge is -2.12. The number of rotatable bonds is 3. The van der Waals surface area contributed by atoms with Gasteiger partial charge in [0.25, 0.3) is 11.1 Å². The lowest BCUT2D eigenvalue weighted by atomic mass is 10.1. The van der Waals surface area contributed by atoms with Crippen LogP contribution in [-0.4, -0.2) is 16.0 Å². The molecule has 2 heterocycles. The number of hydrogen-bond acceptors (Lipinski definition) is 5. The zero-order valence-corrected chi connectivity index (χ0v) is 14.7. The van der Waals surface area contributed by atoms with Gasteiger partial charge in [0.2, 0.25) is 0 Å². The smallest absolute Gasteiger partial charge is 0.293 e. The quantitative estimate of drug-likeness (QED) is 0.637. The van der Waals surface area contributed by atoms with E-state index in [2.05, 4.69) is 0 Å². The number of thioether (sulfide) groups is 1. The highest BCUT2D eigenvalue weighted by atomic mass is 32.2. The summed E-state index contributed by atoms with van der Waals surface area (Å²) < 4.78 is 19.2. The standard InChI is InChI=1S/C20H12FNO4S/c21-15-7-3-1-5-12(15)10-22-19(24)17(27-20(22)25)9-13-11-26-16-8-4-2-6-14(16)18(13)23/h1-9,11H,10H2/b17-9-. The molecule has 0 bridgehead atoms. The van der Waals surface area contributed by atoms with E-state index in [1.807, 2.05) is 0 Å². The first kappa shape index (κ1) is 17.2. The highest BCUT2D eigenvalue weighted by molar-refractivity contribution is 8.18. The van der Waals surface area contributed by atoms with Gasteiger partial charge in [0.15, 0.2) is 5.43 Å². The van der Waals surface area contributed by atoms with E-state index in [1.165, 1.54) is 30.5 Å². The van der Waals surface area contributed by atoms with E-state index in [9.17, 15) is 18.8 Å². The maximum Gasteiger partial charge on any atom is 0.293 e. The third-order valence-corrected chi connectivity index (χ3v) is 5.06. The lowest BCUT2D eigenvalue weighted by molar-refractivity contribution is -0.123. The lowest BCUT2D eigenvalue weighted by Crippen LogP contribution is -2.28. The topological polar surface area (TPSA) is 67.6 Å². The van der Waals surface area contributed by atoms with Crippen LogP contribution in [0.25, 0.3) is 17.0 Å². The van der Waals surface area contributed by atoms with E-state index < -0.39 is 17.0 Å². The Kier molecular flexibility index (Phi) is 4.37. The minimum Gasteiger partial charge on any atom is -0.463 e. The molecule has 27 heavy (non-hydrogen) atoms. The molecule has 0 atom stereocenters. The summed E-state index contributed by atoms with van der Waals surface area (Å²) in [6.45, 7) is -0.166.